The summed E-state index contributed by atoms with van der Waals surface area (Å²) in [6.07, 6.45) is -0.400. The lowest BCUT2D eigenvalue weighted by atomic mass is 10.2. The number of hydrogen-bond acceptors (Lipinski definition) is 9. The average molecular weight is 570 g/mol. The summed E-state index contributed by atoms with van der Waals surface area (Å²) in [6, 6.07) is 4.85. The highest BCUT2D eigenvalue weighted by Gasteiger charge is 2.40. The van der Waals surface area contributed by atoms with Gasteiger partial charge in [-0.25, -0.2) is 19.6 Å². The van der Waals surface area contributed by atoms with Crippen molar-refractivity contribution in [1.82, 2.24) is 9.99 Å². The third-order valence-corrected chi connectivity index (χ3v) is 5.27. The van der Waals surface area contributed by atoms with Crippen molar-refractivity contribution in [2.75, 3.05) is 11.7 Å². The number of benzene rings is 1. The predicted molar refractivity (Wildman–Crippen MR) is 143 cm³/mol. The van der Waals surface area contributed by atoms with Crippen molar-refractivity contribution in [2.24, 2.45) is 0 Å². The number of nitrogens with zero attached hydrogens (tertiary/aromatic N) is 3. The van der Waals surface area contributed by atoms with Gasteiger partial charge in [0.25, 0.3) is 0 Å². The molecule has 0 aliphatic carbocycles. The van der Waals surface area contributed by atoms with Crippen LogP contribution in [0.3, 0.4) is 0 Å². The van der Waals surface area contributed by atoms with E-state index in [9.17, 15) is 9.59 Å². The molecule has 1 aromatic carbocycles. The summed E-state index contributed by atoms with van der Waals surface area (Å²) < 4.78 is 28.0. The molecule has 38 heavy (non-hydrogen) atoms. The summed E-state index contributed by atoms with van der Waals surface area (Å²) in [7, 11) is 0. The van der Waals surface area contributed by atoms with E-state index in [1.54, 1.807) is 59.7 Å². The van der Waals surface area contributed by atoms with Gasteiger partial charge >= 0.3 is 12.2 Å². The molecule has 0 saturated heterocycles. The monoisotopic (exact) mass is 569 g/mol. The molecule has 208 valence electrons. The first-order valence-corrected chi connectivity index (χ1v) is 12.7. The van der Waals surface area contributed by atoms with Gasteiger partial charge < -0.3 is 23.7 Å². The van der Waals surface area contributed by atoms with Crippen molar-refractivity contribution in [2.45, 2.75) is 79.3 Å². The number of hydrogen-bond donors (Lipinski definition) is 0. The number of ether oxygens (including phenoxy) is 5. The first kappa shape index (κ1) is 29.4. The molecule has 0 atom stereocenters. The molecule has 0 bridgehead atoms. The van der Waals surface area contributed by atoms with Crippen LogP contribution < -0.4 is 19.2 Å². The van der Waals surface area contributed by atoms with Gasteiger partial charge in [-0.1, -0.05) is 23.2 Å². The molecule has 2 heterocycles. The number of amides is 2. The molecule has 0 saturated carbocycles. The molecule has 1 aromatic heterocycles. The van der Waals surface area contributed by atoms with Gasteiger partial charge in [-0.05, 0) is 67.5 Å². The van der Waals surface area contributed by atoms with Crippen molar-refractivity contribution < 1.29 is 33.3 Å². The van der Waals surface area contributed by atoms with Crippen molar-refractivity contribution in [3.8, 4) is 17.4 Å². The predicted octanol–water partition coefficient (Wildman–Crippen LogP) is 7.00. The van der Waals surface area contributed by atoms with Gasteiger partial charge in [-0.2, -0.15) is 0 Å². The van der Waals surface area contributed by atoms with E-state index in [1.807, 2.05) is 13.8 Å². The summed E-state index contributed by atoms with van der Waals surface area (Å²) in [5.41, 5.74) is -0.713. The Morgan fingerprint density at radius 1 is 1.03 bits per heavy atom. The van der Waals surface area contributed by atoms with Gasteiger partial charge in [-0.15, -0.1) is 5.01 Å². The van der Waals surface area contributed by atoms with Crippen LogP contribution in [0.25, 0.3) is 0 Å². The first-order valence-electron chi connectivity index (χ1n) is 12.0. The second-order valence-corrected chi connectivity index (χ2v) is 11.6. The van der Waals surface area contributed by atoms with Crippen LogP contribution in [0.15, 0.2) is 24.4 Å². The zero-order valence-corrected chi connectivity index (χ0v) is 24.3. The molecule has 0 spiro atoms. The summed E-state index contributed by atoms with van der Waals surface area (Å²) in [4.78, 5) is 30.3. The molecular formula is C26H33Cl2N3O7. The van der Waals surface area contributed by atoms with Crippen LogP contribution >= 0.6 is 23.2 Å². The molecule has 10 nitrogen and oxygen atoms in total. The Morgan fingerprint density at radius 3 is 2.16 bits per heavy atom. The topological polar surface area (TPSA) is 99.7 Å². The van der Waals surface area contributed by atoms with Crippen molar-refractivity contribution in [3.05, 3.63) is 40.0 Å². The van der Waals surface area contributed by atoms with Gasteiger partial charge in [-0.3, -0.25) is 0 Å². The van der Waals surface area contributed by atoms with E-state index < -0.39 is 23.4 Å². The number of rotatable bonds is 6. The van der Waals surface area contributed by atoms with Crippen LogP contribution in [0, 0.1) is 0 Å². The highest BCUT2D eigenvalue weighted by Crippen LogP contribution is 2.40. The lowest BCUT2D eigenvalue weighted by Gasteiger charge is -2.33. The Labute approximate surface area is 232 Å². The number of halogens is 2. The van der Waals surface area contributed by atoms with Crippen LogP contribution in [0.5, 0.6) is 17.4 Å². The largest absolute Gasteiger partial charge is 0.487 e. The fraction of sp³-hybridized carbons (Fsp3) is 0.500. The van der Waals surface area contributed by atoms with Crippen LogP contribution in [-0.2, 0) is 16.1 Å². The summed E-state index contributed by atoms with van der Waals surface area (Å²) in [5, 5.41) is 2.72. The minimum absolute atomic E-state index is 0.0712. The summed E-state index contributed by atoms with van der Waals surface area (Å²) in [5.74, 6) is 1.13. The first-order chi connectivity index (χ1) is 17.5. The molecule has 0 radical (unpaired) electrons. The van der Waals surface area contributed by atoms with E-state index in [0.29, 0.717) is 38.7 Å². The Hall–Kier alpha value is -3.11. The number of carbonyl (C=O) groups excluding carboxylic acids is 2. The average Bonchev–Trinajstić information content (AvgIpc) is 3.13. The van der Waals surface area contributed by atoms with E-state index in [-0.39, 0.29) is 19.4 Å². The SMILES string of the molecule is CC(C)Oc1ncc(OCc2cc3c(cc2Cl)N(N(C(=O)OC(C)(C)C)C(=O)OC(C)(C)C)CO3)cc1Cl. The highest BCUT2D eigenvalue weighted by atomic mass is 35.5. The third kappa shape index (κ3) is 7.70. The number of hydrazine groups is 1. The molecular weight excluding hydrogens is 537 g/mol. The maximum atomic E-state index is 13.0. The van der Waals surface area contributed by atoms with Crippen LogP contribution in [0.1, 0.15) is 61.0 Å². The van der Waals surface area contributed by atoms with Crippen LogP contribution in [-0.4, -0.2) is 46.2 Å². The zero-order chi connectivity index (χ0) is 28.4. The molecule has 12 heteroatoms. The van der Waals surface area contributed by atoms with E-state index >= 15 is 0 Å². The van der Waals surface area contributed by atoms with Gasteiger partial charge in [0.2, 0.25) is 5.88 Å². The van der Waals surface area contributed by atoms with Crippen LogP contribution in [0.2, 0.25) is 10.0 Å². The third-order valence-electron chi connectivity index (χ3n) is 4.65. The highest BCUT2D eigenvalue weighted by molar-refractivity contribution is 6.32. The molecule has 0 unspecified atom stereocenters. The van der Waals surface area contributed by atoms with Crippen molar-refractivity contribution in [1.29, 1.82) is 0 Å². The Morgan fingerprint density at radius 2 is 1.63 bits per heavy atom. The number of imide groups is 1. The second-order valence-electron chi connectivity index (χ2n) is 10.8. The normalized spacial score (nSPS) is 13.1. The lowest BCUT2D eigenvalue weighted by molar-refractivity contribution is -0.00287. The Kier molecular flexibility index (Phi) is 8.78. The van der Waals surface area contributed by atoms with E-state index in [2.05, 4.69) is 4.98 Å². The lowest BCUT2D eigenvalue weighted by Crippen LogP contribution is -2.53. The smallest absolute Gasteiger partial charge is 0.439 e. The molecule has 1 aliphatic heterocycles. The van der Waals surface area contributed by atoms with Crippen LogP contribution in [0.4, 0.5) is 15.3 Å². The second kappa shape index (κ2) is 11.3. The Bertz CT molecular complexity index is 1160. The van der Waals surface area contributed by atoms with Crippen molar-refractivity contribution in [3.63, 3.8) is 0 Å². The molecule has 2 aromatic rings. The summed E-state index contributed by atoms with van der Waals surface area (Å²) in [6.45, 7) is 13.9. The van der Waals surface area contributed by atoms with Gasteiger partial charge in [0, 0.05) is 16.7 Å². The fourth-order valence-corrected chi connectivity index (χ4v) is 3.63. The zero-order valence-electron chi connectivity index (χ0n) is 22.8. The minimum Gasteiger partial charge on any atom is -0.487 e. The van der Waals surface area contributed by atoms with E-state index in [0.717, 1.165) is 5.01 Å². The van der Waals surface area contributed by atoms with Gasteiger partial charge in [0.1, 0.15) is 40.0 Å². The minimum atomic E-state index is -0.916. The number of carbonyl (C=O) groups is 2. The maximum absolute atomic E-state index is 13.0. The standard InChI is InChI=1S/C26H33Cl2N3O7/c1-15(2)36-22-19(28)10-17(12-29-22)34-13-16-9-21-20(11-18(16)27)30(14-35-21)31(23(32)37-25(3,4)5)24(33)38-26(6,7)8/h9-12,15H,13-14H2,1-8H3. The van der Waals surface area contributed by atoms with Crippen molar-refractivity contribution >= 4 is 41.1 Å². The maximum Gasteiger partial charge on any atom is 0.439 e. The Balaban J connectivity index is 1.83. The number of pyridine rings is 1. The molecule has 0 fully saturated rings. The molecule has 0 N–H and O–H groups in total. The van der Waals surface area contributed by atoms with Gasteiger partial charge in [0.05, 0.1) is 12.3 Å². The van der Waals surface area contributed by atoms with E-state index in [4.69, 9.17) is 46.9 Å². The molecule has 3 rings (SSSR count). The van der Waals surface area contributed by atoms with E-state index in [1.165, 1.54) is 11.2 Å². The fourth-order valence-electron chi connectivity index (χ4n) is 3.22. The number of fused-ring (bicyclic) bond motifs is 1. The van der Waals surface area contributed by atoms with Gasteiger partial charge in [0.15, 0.2) is 6.73 Å². The quantitative estimate of drug-likeness (QED) is 0.364. The summed E-state index contributed by atoms with van der Waals surface area (Å²) >= 11 is 12.8. The number of aromatic nitrogens is 1. The number of anilines is 1. The molecule has 1 aliphatic rings. The molecule has 2 amide bonds.